The molecule has 0 radical (unpaired) electrons. The van der Waals surface area contributed by atoms with Crippen molar-refractivity contribution in [1.82, 2.24) is 10.2 Å². The first-order chi connectivity index (χ1) is 11.7. The topological polar surface area (TPSA) is 99.9 Å². The summed E-state index contributed by atoms with van der Waals surface area (Å²) in [6, 6.07) is 2.40. The van der Waals surface area contributed by atoms with Crippen molar-refractivity contribution < 1.29 is 23.9 Å². The van der Waals surface area contributed by atoms with E-state index in [0.29, 0.717) is 13.0 Å². The van der Waals surface area contributed by atoms with Crippen LogP contribution in [0.15, 0.2) is 22.8 Å². The maximum Gasteiger partial charge on any atom is 0.311 e. The number of carboxylic acids is 1. The van der Waals surface area contributed by atoms with Crippen LogP contribution in [0.3, 0.4) is 0 Å². The number of rotatable bonds is 6. The second kappa shape index (κ2) is 7.29. The minimum absolute atomic E-state index is 0.0852. The lowest BCUT2D eigenvalue weighted by Gasteiger charge is -2.30. The molecule has 0 saturated carbocycles. The van der Waals surface area contributed by atoms with E-state index in [9.17, 15) is 19.5 Å². The normalized spacial score (nSPS) is 21.6. The Morgan fingerprint density at radius 3 is 2.40 bits per heavy atom. The molecular formula is C18H26N2O5. The highest BCUT2D eigenvalue weighted by Gasteiger charge is 2.49. The van der Waals surface area contributed by atoms with E-state index in [-0.39, 0.29) is 30.0 Å². The van der Waals surface area contributed by atoms with Crippen molar-refractivity contribution in [2.45, 2.75) is 40.2 Å². The van der Waals surface area contributed by atoms with Crippen LogP contribution in [0.25, 0.3) is 0 Å². The molecule has 1 aliphatic rings. The average Bonchev–Trinajstić information content (AvgIpc) is 3.20. The average molecular weight is 350 g/mol. The summed E-state index contributed by atoms with van der Waals surface area (Å²) in [7, 11) is 0. The SMILES string of the molecule is CC(C)C(NC(=O)c1ccco1)C(=O)N1CCC(C(=O)O)(C(C)C)C1. The molecule has 138 valence electrons. The molecule has 1 fully saturated rings. The van der Waals surface area contributed by atoms with Crippen LogP contribution >= 0.6 is 0 Å². The highest BCUT2D eigenvalue weighted by atomic mass is 16.4. The van der Waals surface area contributed by atoms with Crippen molar-refractivity contribution in [3.8, 4) is 0 Å². The van der Waals surface area contributed by atoms with Crippen LogP contribution in [0.4, 0.5) is 0 Å². The summed E-state index contributed by atoms with van der Waals surface area (Å²) in [4.78, 5) is 38.4. The zero-order valence-corrected chi connectivity index (χ0v) is 15.1. The number of amides is 2. The van der Waals surface area contributed by atoms with Crippen LogP contribution < -0.4 is 5.32 Å². The van der Waals surface area contributed by atoms with Gasteiger partial charge in [0.05, 0.1) is 11.7 Å². The summed E-state index contributed by atoms with van der Waals surface area (Å²) in [6.07, 6.45) is 1.81. The monoisotopic (exact) mass is 350 g/mol. The van der Waals surface area contributed by atoms with Crippen LogP contribution in [0, 0.1) is 17.3 Å². The van der Waals surface area contributed by atoms with Gasteiger partial charge in [-0.05, 0) is 30.4 Å². The number of carbonyl (C=O) groups excluding carboxylic acids is 2. The van der Waals surface area contributed by atoms with Gasteiger partial charge in [0.1, 0.15) is 6.04 Å². The number of carboxylic acid groups (broad SMARTS) is 1. The summed E-state index contributed by atoms with van der Waals surface area (Å²) in [6.45, 7) is 7.95. The Kier molecular flexibility index (Phi) is 5.55. The summed E-state index contributed by atoms with van der Waals surface area (Å²) in [5, 5.41) is 12.3. The molecule has 1 aliphatic heterocycles. The summed E-state index contributed by atoms with van der Waals surface area (Å²) >= 11 is 0. The molecule has 2 atom stereocenters. The Balaban J connectivity index is 2.13. The molecule has 0 bridgehead atoms. The maximum atomic E-state index is 12.9. The summed E-state index contributed by atoms with van der Waals surface area (Å²) < 4.78 is 5.06. The Morgan fingerprint density at radius 2 is 1.96 bits per heavy atom. The molecule has 25 heavy (non-hydrogen) atoms. The molecule has 7 heteroatoms. The van der Waals surface area contributed by atoms with Gasteiger partial charge in [-0.2, -0.15) is 0 Å². The van der Waals surface area contributed by atoms with E-state index in [1.807, 2.05) is 27.7 Å². The Bertz CT molecular complexity index is 638. The molecule has 0 aliphatic carbocycles. The molecule has 2 amide bonds. The van der Waals surface area contributed by atoms with Gasteiger partial charge in [-0.15, -0.1) is 0 Å². The zero-order chi connectivity index (χ0) is 18.8. The van der Waals surface area contributed by atoms with Gasteiger partial charge < -0.3 is 19.7 Å². The van der Waals surface area contributed by atoms with Crippen LogP contribution in [-0.2, 0) is 9.59 Å². The molecule has 0 aromatic carbocycles. The van der Waals surface area contributed by atoms with Gasteiger partial charge in [0, 0.05) is 13.1 Å². The highest BCUT2D eigenvalue weighted by Crippen LogP contribution is 2.38. The number of furan rings is 1. The van der Waals surface area contributed by atoms with Crippen molar-refractivity contribution >= 4 is 17.8 Å². The standard InChI is InChI=1S/C18H26N2O5/c1-11(2)14(19-15(21)13-6-5-9-25-13)16(22)20-8-7-18(10-20,12(3)4)17(23)24/h5-6,9,11-12,14H,7-8,10H2,1-4H3,(H,19,21)(H,23,24). The van der Waals surface area contributed by atoms with Crippen LogP contribution in [0.5, 0.6) is 0 Å². The third-order valence-electron chi connectivity index (χ3n) is 5.11. The summed E-state index contributed by atoms with van der Waals surface area (Å²) in [5.41, 5.74) is -0.928. The minimum Gasteiger partial charge on any atom is -0.481 e. The third kappa shape index (κ3) is 3.70. The zero-order valence-electron chi connectivity index (χ0n) is 15.1. The van der Waals surface area contributed by atoms with Crippen LogP contribution in [-0.4, -0.2) is 46.9 Å². The van der Waals surface area contributed by atoms with Gasteiger partial charge in [-0.3, -0.25) is 14.4 Å². The van der Waals surface area contributed by atoms with E-state index in [4.69, 9.17) is 4.42 Å². The lowest BCUT2D eigenvalue weighted by molar-refractivity contribution is -0.151. The summed E-state index contributed by atoms with van der Waals surface area (Å²) in [5.74, 6) is -1.66. The van der Waals surface area contributed by atoms with E-state index in [2.05, 4.69) is 5.32 Å². The van der Waals surface area contributed by atoms with Crippen LogP contribution in [0.2, 0.25) is 0 Å². The molecule has 1 saturated heterocycles. The number of hydrogen-bond donors (Lipinski definition) is 2. The highest BCUT2D eigenvalue weighted by molar-refractivity contribution is 5.95. The fraction of sp³-hybridized carbons (Fsp3) is 0.611. The Morgan fingerprint density at radius 1 is 1.28 bits per heavy atom. The molecule has 0 spiro atoms. The lowest BCUT2D eigenvalue weighted by atomic mass is 9.76. The van der Waals surface area contributed by atoms with E-state index in [1.165, 1.54) is 12.3 Å². The Hall–Kier alpha value is -2.31. The fourth-order valence-electron chi connectivity index (χ4n) is 3.24. The number of nitrogens with zero attached hydrogens (tertiary/aromatic N) is 1. The molecule has 2 rings (SSSR count). The predicted molar refractivity (Wildman–Crippen MR) is 90.9 cm³/mol. The number of likely N-dealkylation sites (tertiary alicyclic amines) is 1. The van der Waals surface area contributed by atoms with Crippen molar-refractivity contribution in [2.24, 2.45) is 17.3 Å². The quantitative estimate of drug-likeness (QED) is 0.817. The van der Waals surface area contributed by atoms with Crippen molar-refractivity contribution in [3.05, 3.63) is 24.2 Å². The van der Waals surface area contributed by atoms with Crippen molar-refractivity contribution in [3.63, 3.8) is 0 Å². The molecule has 2 N–H and O–H groups in total. The molecule has 2 heterocycles. The number of nitrogens with one attached hydrogen (secondary N) is 1. The second-order valence-electron chi connectivity index (χ2n) is 7.30. The molecule has 1 aromatic heterocycles. The smallest absolute Gasteiger partial charge is 0.311 e. The maximum absolute atomic E-state index is 12.9. The second-order valence-corrected chi connectivity index (χ2v) is 7.30. The molecule has 2 unspecified atom stereocenters. The number of hydrogen-bond acceptors (Lipinski definition) is 4. The molecular weight excluding hydrogens is 324 g/mol. The van der Waals surface area contributed by atoms with Gasteiger partial charge in [0.25, 0.3) is 5.91 Å². The largest absolute Gasteiger partial charge is 0.481 e. The minimum atomic E-state index is -0.928. The third-order valence-corrected chi connectivity index (χ3v) is 5.11. The van der Waals surface area contributed by atoms with Gasteiger partial charge in [0.15, 0.2) is 5.76 Å². The van der Waals surface area contributed by atoms with Gasteiger partial charge >= 0.3 is 5.97 Å². The van der Waals surface area contributed by atoms with E-state index in [0.717, 1.165) is 0 Å². The van der Waals surface area contributed by atoms with E-state index >= 15 is 0 Å². The first kappa shape index (κ1) is 19.0. The van der Waals surface area contributed by atoms with E-state index < -0.39 is 23.3 Å². The Labute approximate surface area is 147 Å². The molecule has 1 aromatic rings. The first-order valence-corrected chi connectivity index (χ1v) is 8.55. The van der Waals surface area contributed by atoms with E-state index in [1.54, 1.807) is 11.0 Å². The predicted octanol–water partition coefficient (Wildman–Crippen LogP) is 1.99. The van der Waals surface area contributed by atoms with Crippen molar-refractivity contribution in [2.75, 3.05) is 13.1 Å². The van der Waals surface area contributed by atoms with Gasteiger partial charge in [0.2, 0.25) is 5.91 Å². The van der Waals surface area contributed by atoms with Crippen molar-refractivity contribution in [1.29, 1.82) is 0 Å². The lowest BCUT2D eigenvalue weighted by Crippen LogP contribution is -2.51. The number of aliphatic carboxylic acids is 1. The fourth-order valence-corrected chi connectivity index (χ4v) is 3.24. The van der Waals surface area contributed by atoms with Gasteiger partial charge in [-0.25, -0.2) is 0 Å². The van der Waals surface area contributed by atoms with Gasteiger partial charge in [-0.1, -0.05) is 27.7 Å². The molecule has 7 nitrogen and oxygen atoms in total. The van der Waals surface area contributed by atoms with Crippen LogP contribution in [0.1, 0.15) is 44.7 Å². The first-order valence-electron chi connectivity index (χ1n) is 8.55. The number of carbonyl (C=O) groups is 3.